The van der Waals surface area contributed by atoms with E-state index in [-0.39, 0.29) is 24.2 Å². The van der Waals surface area contributed by atoms with Crippen molar-refractivity contribution in [1.82, 2.24) is 10.2 Å². The first-order valence-corrected chi connectivity index (χ1v) is 8.92. The van der Waals surface area contributed by atoms with Crippen LogP contribution in [0.15, 0.2) is 36.4 Å². The van der Waals surface area contributed by atoms with Crippen molar-refractivity contribution >= 4 is 17.8 Å². The summed E-state index contributed by atoms with van der Waals surface area (Å²) in [5, 5.41) is 11.8. The van der Waals surface area contributed by atoms with Crippen LogP contribution in [-0.2, 0) is 9.59 Å². The van der Waals surface area contributed by atoms with Crippen molar-refractivity contribution in [3.8, 4) is 0 Å². The largest absolute Gasteiger partial charge is 0.480 e. The SMILES string of the molecule is C/C=C/CC(NC(=O)C1CCCN(C(=O)c2ccc(C)cc2)C1)C(=O)O. The van der Waals surface area contributed by atoms with Gasteiger partial charge in [0.25, 0.3) is 5.91 Å². The Morgan fingerprint density at radius 2 is 2.00 bits per heavy atom. The van der Waals surface area contributed by atoms with E-state index in [4.69, 9.17) is 0 Å². The number of carboxylic acids is 1. The molecule has 1 aliphatic rings. The van der Waals surface area contributed by atoms with Crippen molar-refractivity contribution in [1.29, 1.82) is 0 Å². The zero-order chi connectivity index (χ0) is 19.1. The molecule has 2 rings (SSSR count). The Bertz CT molecular complexity index is 682. The number of hydrogen-bond acceptors (Lipinski definition) is 3. The van der Waals surface area contributed by atoms with Crippen LogP contribution in [0.25, 0.3) is 0 Å². The number of hydrogen-bond donors (Lipinski definition) is 2. The molecular formula is C20H26N2O4. The third kappa shape index (κ3) is 5.18. The van der Waals surface area contributed by atoms with Crippen LogP contribution in [0.1, 0.15) is 42.1 Å². The first-order valence-electron chi connectivity index (χ1n) is 8.92. The number of carbonyl (C=O) groups excluding carboxylic acids is 2. The van der Waals surface area contributed by atoms with E-state index in [1.54, 1.807) is 36.1 Å². The number of piperidine rings is 1. The maximum atomic E-state index is 12.6. The number of aryl methyl sites for hydroxylation is 1. The average Bonchev–Trinajstić information content (AvgIpc) is 2.64. The van der Waals surface area contributed by atoms with E-state index in [1.165, 1.54) is 0 Å². The van der Waals surface area contributed by atoms with Crippen LogP contribution >= 0.6 is 0 Å². The molecule has 1 aliphatic heterocycles. The number of aliphatic carboxylic acids is 1. The normalized spacial score (nSPS) is 18.5. The van der Waals surface area contributed by atoms with Crippen LogP contribution in [0.5, 0.6) is 0 Å². The van der Waals surface area contributed by atoms with Crippen LogP contribution < -0.4 is 5.32 Å². The Morgan fingerprint density at radius 3 is 2.62 bits per heavy atom. The van der Waals surface area contributed by atoms with E-state index < -0.39 is 12.0 Å². The number of carbonyl (C=O) groups is 3. The number of nitrogens with zero attached hydrogens (tertiary/aromatic N) is 1. The van der Waals surface area contributed by atoms with Gasteiger partial charge in [-0.3, -0.25) is 9.59 Å². The van der Waals surface area contributed by atoms with Gasteiger partial charge >= 0.3 is 5.97 Å². The molecule has 2 N–H and O–H groups in total. The summed E-state index contributed by atoms with van der Waals surface area (Å²) >= 11 is 0. The Morgan fingerprint density at radius 1 is 1.31 bits per heavy atom. The van der Waals surface area contributed by atoms with Gasteiger partial charge in [0.2, 0.25) is 5.91 Å². The molecule has 0 bridgehead atoms. The minimum atomic E-state index is -1.06. The van der Waals surface area contributed by atoms with Crippen LogP contribution in [0.3, 0.4) is 0 Å². The van der Waals surface area contributed by atoms with Gasteiger partial charge in [-0.1, -0.05) is 29.8 Å². The fourth-order valence-electron chi connectivity index (χ4n) is 3.04. The smallest absolute Gasteiger partial charge is 0.326 e. The maximum Gasteiger partial charge on any atom is 0.326 e. The number of nitrogens with one attached hydrogen (secondary N) is 1. The summed E-state index contributed by atoms with van der Waals surface area (Å²) in [5.41, 5.74) is 1.69. The summed E-state index contributed by atoms with van der Waals surface area (Å²) in [6.45, 7) is 4.68. The highest BCUT2D eigenvalue weighted by Gasteiger charge is 2.31. The Balaban J connectivity index is 2.00. The van der Waals surface area contributed by atoms with Gasteiger partial charge in [-0.05, 0) is 45.2 Å². The topological polar surface area (TPSA) is 86.7 Å². The van der Waals surface area contributed by atoms with E-state index in [2.05, 4.69) is 5.32 Å². The Kier molecular flexibility index (Phi) is 6.95. The molecule has 2 unspecified atom stereocenters. The number of rotatable bonds is 6. The predicted molar refractivity (Wildman–Crippen MR) is 98.8 cm³/mol. The molecule has 26 heavy (non-hydrogen) atoms. The van der Waals surface area contributed by atoms with Gasteiger partial charge < -0.3 is 15.3 Å². The number of amides is 2. The maximum absolute atomic E-state index is 12.6. The molecule has 0 radical (unpaired) electrons. The Labute approximate surface area is 153 Å². The summed E-state index contributed by atoms with van der Waals surface area (Å²) in [6.07, 6.45) is 5.09. The van der Waals surface area contributed by atoms with Crippen molar-refractivity contribution in [3.63, 3.8) is 0 Å². The molecule has 0 aliphatic carbocycles. The second-order valence-electron chi connectivity index (χ2n) is 6.66. The van der Waals surface area contributed by atoms with Crippen molar-refractivity contribution in [2.45, 2.75) is 39.2 Å². The van der Waals surface area contributed by atoms with Crippen LogP contribution in [0.2, 0.25) is 0 Å². The first-order chi connectivity index (χ1) is 12.4. The molecular weight excluding hydrogens is 332 g/mol. The van der Waals surface area contributed by atoms with Gasteiger partial charge in [0.05, 0.1) is 5.92 Å². The van der Waals surface area contributed by atoms with E-state index in [1.807, 2.05) is 19.1 Å². The summed E-state index contributed by atoms with van der Waals surface area (Å²) in [5.74, 6) is -1.83. The van der Waals surface area contributed by atoms with Crippen molar-refractivity contribution < 1.29 is 19.5 Å². The van der Waals surface area contributed by atoms with Gasteiger partial charge in [0, 0.05) is 18.7 Å². The molecule has 0 spiro atoms. The first kappa shape index (κ1) is 19.7. The van der Waals surface area contributed by atoms with Crippen LogP contribution in [-0.4, -0.2) is 46.9 Å². The molecule has 1 fully saturated rings. The monoisotopic (exact) mass is 358 g/mol. The second kappa shape index (κ2) is 9.17. The molecule has 0 saturated carbocycles. The van der Waals surface area contributed by atoms with Crippen LogP contribution in [0, 0.1) is 12.8 Å². The average molecular weight is 358 g/mol. The zero-order valence-corrected chi connectivity index (χ0v) is 15.3. The molecule has 6 nitrogen and oxygen atoms in total. The number of likely N-dealkylation sites (tertiary alicyclic amines) is 1. The molecule has 1 saturated heterocycles. The van der Waals surface area contributed by atoms with Gasteiger partial charge in [0.1, 0.15) is 6.04 Å². The third-order valence-corrected chi connectivity index (χ3v) is 4.60. The third-order valence-electron chi connectivity index (χ3n) is 4.60. The number of carboxylic acid groups (broad SMARTS) is 1. The summed E-state index contributed by atoms with van der Waals surface area (Å²) in [6, 6.07) is 6.42. The molecule has 140 valence electrons. The fraction of sp³-hybridized carbons (Fsp3) is 0.450. The van der Waals surface area contributed by atoms with Gasteiger partial charge in [-0.15, -0.1) is 0 Å². The van der Waals surface area contributed by atoms with Crippen LogP contribution in [0.4, 0.5) is 0 Å². The number of allylic oxidation sites excluding steroid dienone is 1. The van der Waals surface area contributed by atoms with Gasteiger partial charge in [0.15, 0.2) is 0 Å². The van der Waals surface area contributed by atoms with E-state index in [0.29, 0.717) is 25.1 Å². The quantitative estimate of drug-likeness (QED) is 0.765. The molecule has 0 aromatic heterocycles. The van der Waals surface area contributed by atoms with E-state index in [9.17, 15) is 19.5 Å². The van der Waals surface area contributed by atoms with E-state index >= 15 is 0 Å². The van der Waals surface area contributed by atoms with E-state index in [0.717, 1.165) is 12.0 Å². The highest BCUT2D eigenvalue weighted by Crippen LogP contribution is 2.19. The van der Waals surface area contributed by atoms with Gasteiger partial charge in [-0.2, -0.15) is 0 Å². The standard InChI is InChI=1S/C20H26N2O4/c1-3-4-7-17(20(25)26)21-18(23)16-6-5-12-22(13-16)19(24)15-10-8-14(2)9-11-15/h3-4,8-11,16-17H,5-7,12-13H2,1-2H3,(H,21,23)(H,25,26)/b4-3+. The Hall–Kier alpha value is -2.63. The second-order valence-corrected chi connectivity index (χ2v) is 6.66. The lowest BCUT2D eigenvalue weighted by molar-refractivity contribution is -0.142. The molecule has 2 atom stereocenters. The lowest BCUT2D eigenvalue weighted by Gasteiger charge is -2.32. The summed E-state index contributed by atoms with van der Waals surface area (Å²) in [4.78, 5) is 38.1. The highest BCUT2D eigenvalue weighted by molar-refractivity contribution is 5.95. The fourth-order valence-corrected chi connectivity index (χ4v) is 3.04. The van der Waals surface area contributed by atoms with Crippen molar-refractivity contribution in [3.05, 3.63) is 47.5 Å². The van der Waals surface area contributed by atoms with Crippen molar-refractivity contribution in [2.75, 3.05) is 13.1 Å². The molecule has 1 aromatic carbocycles. The van der Waals surface area contributed by atoms with Crippen molar-refractivity contribution in [2.24, 2.45) is 5.92 Å². The zero-order valence-electron chi connectivity index (χ0n) is 15.3. The summed E-state index contributed by atoms with van der Waals surface area (Å²) < 4.78 is 0. The minimum absolute atomic E-state index is 0.0915. The molecule has 6 heteroatoms. The lowest BCUT2D eigenvalue weighted by atomic mass is 9.96. The molecule has 1 aromatic rings. The highest BCUT2D eigenvalue weighted by atomic mass is 16.4. The summed E-state index contributed by atoms with van der Waals surface area (Å²) in [7, 11) is 0. The minimum Gasteiger partial charge on any atom is -0.480 e. The number of benzene rings is 1. The van der Waals surface area contributed by atoms with Gasteiger partial charge in [-0.25, -0.2) is 4.79 Å². The lowest BCUT2D eigenvalue weighted by Crippen LogP contribution is -2.49. The predicted octanol–water partition coefficient (Wildman–Crippen LogP) is 2.38. The molecule has 2 amide bonds. The molecule has 1 heterocycles.